The van der Waals surface area contributed by atoms with Crippen molar-refractivity contribution in [1.29, 1.82) is 0 Å². The van der Waals surface area contributed by atoms with E-state index in [2.05, 4.69) is 20.2 Å². The molecule has 0 fully saturated rings. The molecule has 130 valence electrons. The van der Waals surface area contributed by atoms with Gasteiger partial charge in [0.05, 0.1) is 6.20 Å². The van der Waals surface area contributed by atoms with Gasteiger partial charge in [-0.25, -0.2) is 18.3 Å². The third kappa shape index (κ3) is 2.86. The summed E-state index contributed by atoms with van der Waals surface area (Å²) in [7, 11) is 0. The van der Waals surface area contributed by atoms with Gasteiger partial charge in [0.1, 0.15) is 22.7 Å². The van der Waals surface area contributed by atoms with Crippen LogP contribution in [-0.2, 0) is 5.75 Å². The maximum absolute atomic E-state index is 14.3. The molecule has 0 amide bonds. The molecule has 0 aliphatic carbocycles. The first-order chi connectivity index (χ1) is 12.6. The number of hydrogen-bond acceptors (Lipinski definition) is 5. The number of aromatic amines is 1. The van der Waals surface area contributed by atoms with E-state index in [-0.39, 0.29) is 16.2 Å². The van der Waals surface area contributed by atoms with E-state index in [1.807, 2.05) is 6.07 Å². The molecule has 0 bridgehead atoms. The molecule has 3 aromatic heterocycles. The molecule has 0 aliphatic rings. The summed E-state index contributed by atoms with van der Waals surface area (Å²) < 4.78 is 29.6. The van der Waals surface area contributed by atoms with Crippen LogP contribution < -0.4 is 5.56 Å². The standard InChI is InChI=1S/C17H11F2N5OS/c18-12-4-1-5-13(19)14(12)24-16(25)11-8-21-23-15(11)22-17(24)26-9-10-3-2-6-20-7-10/h1-8H,9H2,(H,21,23). The molecule has 0 unspecified atom stereocenters. The molecule has 3 heterocycles. The molecule has 0 radical (unpaired) electrons. The van der Waals surface area contributed by atoms with Gasteiger partial charge in [-0.15, -0.1) is 0 Å². The fourth-order valence-electron chi connectivity index (χ4n) is 2.50. The van der Waals surface area contributed by atoms with Crippen molar-refractivity contribution in [2.45, 2.75) is 10.9 Å². The second kappa shape index (κ2) is 6.68. The Labute approximate surface area is 149 Å². The quantitative estimate of drug-likeness (QED) is 0.441. The summed E-state index contributed by atoms with van der Waals surface area (Å²) >= 11 is 1.18. The van der Waals surface area contributed by atoms with Gasteiger partial charge >= 0.3 is 0 Å². The van der Waals surface area contributed by atoms with Gasteiger partial charge in [0.15, 0.2) is 10.8 Å². The maximum atomic E-state index is 14.3. The van der Waals surface area contributed by atoms with E-state index in [9.17, 15) is 13.6 Å². The highest BCUT2D eigenvalue weighted by atomic mass is 32.2. The summed E-state index contributed by atoms with van der Waals surface area (Å²) in [6, 6.07) is 7.08. The molecule has 4 aromatic rings. The van der Waals surface area contributed by atoms with Crippen molar-refractivity contribution in [3.8, 4) is 5.69 Å². The lowest BCUT2D eigenvalue weighted by atomic mass is 10.3. The summed E-state index contributed by atoms with van der Waals surface area (Å²) in [6.07, 6.45) is 4.61. The monoisotopic (exact) mass is 371 g/mol. The largest absolute Gasteiger partial charge is 0.270 e. The molecule has 0 spiro atoms. The van der Waals surface area contributed by atoms with Crippen LogP contribution in [0.25, 0.3) is 16.7 Å². The minimum absolute atomic E-state index is 0.151. The topological polar surface area (TPSA) is 76.5 Å². The smallest absolute Gasteiger partial charge is 0.268 e. The van der Waals surface area contributed by atoms with E-state index >= 15 is 0 Å². The van der Waals surface area contributed by atoms with Crippen LogP contribution in [0.15, 0.2) is 58.9 Å². The highest BCUT2D eigenvalue weighted by molar-refractivity contribution is 7.98. The fourth-order valence-corrected chi connectivity index (χ4v) is 3.43. The molecule has 1 N–H and O–H groups in total. The summed E-state index contributed by atoms with van der Waals surface area (Å²) in [6.45, 7) is 0. The van der Waals surface area contributed by atoms with Crippen LogP contribution in [0.5, 0.6) is 0 Å². The van der Waals surface area contributed by atoms with E-state index in [0.717, 1.165) is 22.3 Å². The van der Waals surface area contributed by atoms with E-state index in [4.69, 9.17) is 0 Å². The SMILES string of the molecule is O=c1c2cn[nH]c2nc(SCc2cccnc2)n1-c1c(F)cccc1F. The average Bonchev–Trinajstić information content (AvgIpc) is 3.11. The van der Waals surface area contributed by atoms with Crippen molar-refractivity contribution in [2.24, 2.45) is 0 Å². The predicted octanol–water partition coefficient (Wildman–Crippen LogP) is 3.07. The van der Waals surface area contributed by atoms with Crippen LogP contribution in [-0.4, -0.2) is 24.7 Å². The van der Waals surface area contributed by atoms with Crippen LogP contribution in [0.4, 0.5) is 8.78 Å². The molecule has 26 heavy (non-hydrogen) atoms. The minimum Gasteiger partial charge on any atom is -0.268 e. The lowest BCUT2D eigenvalue weighted by molar-refractivity contribution is 0.557. The first-order valence-corrected chi connectivity index (χ1v) is 8.56. The Kier molecular flexibility index (Phi) is 4.21. The third-order valence-electron chi connectivity index (χ3n) is 3.70. The number of aromatic nitrogens is 5. The minimum atomic E-state index is -0.847. The Morgan fingerprint density at radius 3 is 2.65 bits per heavy atom. The zero-order valence-electron chi connectivity index (χ0n) is 13.2. The van der Waals surface area contributed by atoms with Crippen LogP contribution in [0.3, 0.4) is 0 Å². The van der Waals surface area contributed by atoms with Crippen molar-refractivity contribution >= 4 is 22.8 Å². The highest BCUT2D eigenvalue weighted by Gasteiger charge is 2.20. The Bertz CT molecular complexity index is 1120. The molecule has 4 rings (SSSR count). The lowest BCUT2D eigenvalue weighted by Gasteiger charge is -2.13. The van der Waals surface area contributed by atoms with Gasteiger partial charge < -0.3 is 0 Å². The molecular formula is C17H11F2N5OS. The Morgan fingerprint density at radius 1 is 1.12 bits per heavy atom. The van der Waals surface area contributed by atoms with E-state index in [0.29, 0.717) is 5.75 Å². The van der Waals surface area contributed by atoms with Crippen LogP contribution in [0, 0.1) is 11.6 Å². The number of para-hydroxylation sites is 1. The van der Waals surface area contributed by atoms with Gasteiger partial charge in [0.2, 0.25) is 0 Å². The van der Waals surface area contributed by atoms with Crippen LogP contribution in [0.1, 0.15) is 5.56 Å². The average molecular weight is 371 g/mol. The van der Waals surface area contributed by atoms with Gasteiger partial charge in [-0.2, -0.15) is 5.10 Å². The molecule has 6 nitrogen and oxygen atoms in total. The Morgan fingerprint density at radius 2 is 1.92 bits per heavy atom. The number of benzene rings is 1. The fraction of sp³-hybridized carbons (Fsp3) is 0.0588. The summed E-state index contributed by atoms with van der Waals surface area (Å²) in [5, 5.41) is 6.72. The van der Waals surface area contributed by atoms with Crippen molar-refractivity contribution in [1.82, 2.24) is 24.7 Å². The molecule has 0 saturated heterocycles. The zero-order chi connectivity index (χ0) is 18.1. The molecule has 0 saturated carbocycles. The van der Waals surface area contributed by atoms with Gasteiger partial charge in [0.25, 0.3) is 5.56 Å². The number of nitrogens with one attached hydrogen (secondary N) is 1. The molecular weight excluding hydrogens is 360 g/mol. The number of nitrogens with zero attached hydrogens (tertiary/aromatic N) is 4. The van der Waals surface area contributed by atoms with Crippen LogP contribution >= 0.6 is 11.8 Å². The number of thioether (sulfide) groups is 1. The molecule has 1 aromatic carbocycles. The van der Waals surface area contributed by atoms with Crippen molar-refractivity contribution in [3.63, 3.8) is 0 Å². The summed E-state index contributed by atoms with van der Waals surface area (Å²) in [5.41, 5.74) is 0.0944. The van der Waals surface area contributed by atoms with Crippen molar-refractivity contribution in [3.05, 3.63) is 76.5 Å². The number of rotatable bonds is 4. The second-order valence-electron chi connectivity index (χ2n) is 5.39. The van der Waals surface area contributed by atoms with E-state index < -0.39 is 22.9 Å². The predicted molar refractivity (Wildman–Crippen MR) is 93.2 cm³/mol. The summed E-state index contributed by atoms with van der Waals surface area (Å²) in [4.78, 5) is 21.2. The number of H-pyrrole nitrogens is 1. The van der Waals surface area contributed by atoms with Crippen molar-refractivity contribution < 1.29 is 8.78 Å². The normalized spacial score (nSPS) is 11.2. The number of hydrogen-bond donors (Lipinski definition) is 1. The van der Waals surface area contributed by atoms with Gasteiger partial charge in [-0.1, -0.05) is 23.9 Å². The van der Waals surface area contributed by atoms with E-state index in [1.165, 1.54) is 24.0 Å². The third-order valence-corrected chi connectivity index (χ3v) is 4.71. The highest BCUT2D eigenvalue weighted by Crippen LogP contribution is 2.26. The molecule has 0 atom stereocenters. The lowest BCUT2D eigenvalue weighted by Crippen LogP contribution is -2.23. The van der Waals surface area contributed by atoms with Gasteiger partial charge in [0, 0.05) is 18.1 Å². The molecule has 9 heteroatoms. The maximum Gasteiger partial charge on any atom is 0.270 e. The van der Waals surface area contributed by atoms with Crippen molar-refractivity contribution in [2.75, 3.05) is 0 Å². The number of fused-ring (bicyclic) bond motifs is 1. The number of halogens is 2. The Hall–Kier alpha value is -3.07. The van der Waals surface area contributed by atoms with Gasteiger partial charge in [-0.3, -0.25) is 14.9 Å². The number of pyridine rings is 1. The van der Waals surface area contributed by atoms with Crippen LogP contribution in [0.2, 0.25) is 0 Å². The molecule has 0 aliphatic heterocycles. The second-order valence-corrected chi connectivity index (χ2v) is 6.33. The first-order valence-electron chi connectivity index (χ1n) is 7.57. The van der Waals surface area contributed by atoms with Gasteiger partial charge in [-0.05, 0) is 23.8 Å². The Balaban J connectivity index is 1.89. The van der Waals surface area contributed by atoms with E-state index in [1.54, 1.807) is 18.5 Å². The zero-order valence-corrected chi connectivity index (χ0v) is 14.0. The summed E-state index contributed by atoms with van der Waals surface area (Å²) in [5.74, 6) is -1.27. The first kappa shape index (κ1) is 16.4.